The van der Waals surface area contributed by atoms with Crippen LogP contribution in [0.15, 0.2) is 42.9 Å². The lowest BCUT2D eigenvalue weighted by atomic mass is 9.80. The molecule has 1 aliphatic heterocycles. The first-order valence-corrected chi connectivity index (χ1v) is 12.2. The predicted molar refractivity (Wildman–Crippen MR) is 137 cm³/mol. The molecule has 1 aliphatic carbocycles. The third-order valence-electron chi connectivity index (χ3n) is 7.78. The van der Waals surface area contributed by atoms with E-state index in [-0.39, 0.29) is 29.5 Å². The van der Waals surface area contributed by atoms with Gasteiger partial charge in [0.2, 0.25) is 0 Å². The van der Waals surface area contributed by atoms with Crippen molar-refractivity contribution in [2.75, 3.05) is 11.5 Å². The Kier molecular flexibility index (Phi) is 4.97. The van der Waals surface area contributed by atoms with Crippen molar-refractivity contribution in [2.45, 2.75) is 64.1 Å². The molecule has 0 radical (unpaired) electrons. The summed E-state index contributed by atoms with van der Waals surface area (Å²) in [4.78, 5) is 13.1. The zero-order valence-electron chi connectivity index (χ0n) is 20.6. The number of nitrogens with zero attached hydrogens (tertiary/aromatic N) is 5. The van der Waals surface area contributed by atoms with E-state index < -0.39 is 5.79 Å². The second-order valence-corrected chi connectivity index (χ2v) is 10.7. The van der Waals surface area contributed by atoms with Crippen LogP contribution in [0.4, 0.5) is 11.6 Å². The second-order valence-electron chi connectivity index (χ2n) is 10.7. The number of aryl methyl sites for hydroxylation is 1. The van der Waals surface area contributed by atoms with Gasteiger partial charge in [-0.25, -0.2) is 15.0 Å². The van der Waals surface area contributed by atoms with Gasteiger partial charge in [-0.05, 0) is 62.3 Å². The molecule has 36 heavy (non-hydrogen) atoms. The van der Waals surface area contributed by atoms with Crippen molar-refractivity contribution in [1.29, 1.82) is 5.26 Å². The SMILES string of the molecule is CC1(C)O[C@H]2[C@H](n3ccc4c(N)ncnc43)C[C@](C)(CCc3ccc4cc(C#N)c(N)nc4c3)[C@H]2O1. The Balaban J connectivity index is 1.30. The van der Waals surface area contributed by atoms with Gasteiger partial charge in [-0.2, -0.15) is 5.26 Å². The van der Waals surface area contributed by atoms with Crippen LogP contribution in [0.2, 0.25) is 0 Å². The lowest BCUT2D eigenvalue weighted by Crippen LogP contribution is -2.34. The van der Waals surface area contributed by atoms with Gasteiger partial charge in [0.1, 0.15) is 35.8 Å². The van der Waals surface area contributed by atoms with E-state index in [1.807, 2.05) is 32.2 Å². The van der Waals surface area contributed by atoms with E-state index in [1.165, 1.54) is 11.9 Å². The lowest BCUT2D eigenvalue weighted by Gasteiger charge is -2.32. The first-order chi connectivity index (χ1) is 17.2. The lowest BCUT2D eigenvalue weighted by molar-refractivity contribution is -0.168. The summed E-state index contributed by atoms with van der Waals surface area (Å²) in [5.74, 6) is 0.0832. The number of fused-ring (bicyclic) bond motifs is 3. The number of hydrogen-bond acceptors (Lipinski definition) is 8. The number of benzene rings is 1. The molecule has 6 rings (SSSR count). The summed E-state index contributed by atoms with van der Waals surface area (Å²) in [6, 6.07) is 12.1. The summed E-state index contributed by atoms with van der Waals surface area (Å²) < 4.78 is 15.1. The fraction of sp³-hybridized carbons (Fsp3) is 0.407. The first kappa shape index (κ1) is 22.7. The maximum Gasteiger partial charge on any atom is 0.163 e. The third-order valence-corrected chi connectivity index (χ3v) is 7.78. The molecule has 1 saturated carbocycles. The molecular formula is C27H29N7O2. The van der Waals surface area contributed by atoms with Crippen LogP contribution in [0.25, 0.3) is 21.9 Å². The Morgan fingerprint density at radius 3 is 2.75 bits per heavy atom. The van der Waals surface area contributed by atoms with Gasteiger partial charge >= 0.3 is 0 Å². The van der Waals surface area contributed by atoms with E-state index in [0.29, 0.717) is 11.4 Å². The molecule has 4 aromatic rings. The summed E-state index contributed by atoms with van der Waals surface area (Å²) in [5.41, 5.74) is 15.1. The molecule has 2 aliphatic rings. The number of nitriles is 1. The van der Waals surface area contributed by atoms with E-state index in [4.69, 9.17) is 20.9 Å². The minimum atomic E-state index is -0.658. The fourth-order valence-electron chi connectivity index (χ4n) is 5.98. The quantitative estimate of drug-likeness (QED) is 0.442. The van der Waals surface area contributed by atoms with Gasteiger partial charge in [-0.3, -0.25) is 0 Å². The van der Waals surface area contributed by atoms with Crippen LogP contribution in [-0.2, 0) is 15.9 Å². The largest absolute Gasteiger partial charge is 0.383 e. The van der Waals surface area contributed by atoms with Gasteiger partial charge in [-0.1, -0.05) is 19.1 Å². The normalized spacial score (nSPS) is 26.9. The predicted octanol–water partition coefficient (Wildman–Crippen LogP) is 4.12. The standard InChI is InChI=1S/C27H29N7O2/c1-26(2)35-21-20(34-9-7-18-24(30)31-14-32-25(18)34)12-27(3,22(21)36-26)8-6-15-4-5-16-11-17(13-28)23(29)33-19(16)10-15/h4-5,7,9-11,14,20-22H,6,8,12H2,1-3H3,(H2,29,33)(H2,30,31,32)/t20-,21+,22+,27+/m1/s1. The summed E-state index contributed by atoms with van der Waals surface area (Å²) >= 11 is 0. The summed E-state index contributed by atoms with van der Waals surface area (Å²) in [6.45, 7) is 6.25. The molecule has 0 amide bonds. The molecule has 1 saturated heterocycles. The Morgan fingerprint density at radius 2 is 1.94 bits per heavy atom. The fourth-order valence-corrected chi connectivity index (χ4v) is 5.98. The van der Waals surface area contributed by atoms with E-state index in [9.17, 15) is 5.26 Å². The highest BCUT2D eigenvalue weighted by molar-refractivity contribution is 5.86. The molecule has 4 atom stereocenters. The minimum absolute atomic E-state index is 0.0541. The van der Waals surface area contributed by atoms with Gasteiger partial charge in [0.05, 0.1) is 28.6 Å². The van der Waals surface area contributed by atoms with Crippen LogP contribution in [0, 0.1) is 16.7 Å². The number of anilines is 2. The maximum absolute atomic E-state index is 9.23. The van der Waals surface area contributed by atoms with Gasteiger partial charge in [0.25, 0.3) is 0 Å². The second kappa shape index (κ2) is 7.88. The molecule has 4 N–H and O–H groups in total. The Hall–Kier alpha value is -3.74. The molecular weight excluding hydrogens is 454 g/mol. The number of nitrogens with two attached hydrogens (primary N) is 2. The van der Waals surface area contributed by atoms with Crippen molar-refractivity contribution < 1.29 is 9.47 Å². The Labute approximate surface area is 209 Å². The number of hydrogen-bond donors (Lipinski definition) is 2. The van der Waals surface area contributed by atoms with Gasteiger partial charge in [0, 0.05) is 11.6 Å². The van der Waals surface area contributed by atoms with Crippen LogP contribution >= 0.6 is 0 Å². The molecule has 1 aromatic carbocycles. The van der Waals surface area contributed by atoms with E-state index in [1.54, 1.807) is 6.07 Å². The van der Waals surface area contributed by atoms with Crippen molar-refractivity contribution in [3.63, 3.8) is 0 Å². The van der Waals surface area contributed by atoms with Gasteiger partial charge in [0.15, 0.2) is 5.79 Å². The van der Waals surface area contributed by atoms with Gasteiger partial charge < -0.3 is 25.5 Å². The molecule has 9 nitrogen and oxygen atoms in total. The maximum atomic E-state index is 9.23. The molecule has 2 fully saturated rings. The molecule has 0 bridgehead atoms. The van der Waals surface area contributed by atoms with Crippen LogP contribution in [-0.4, -0.2) is 37.5 Å². The van der Waals surface area contributed by atoms with Crippen LogP contribution in [0.1, 0.15) is 50.8 Å². The Morgan fingerprint density at radius 1 is 1.11 bits per heavy atom. The van der Waals surface area contributed by atoms with E-state index in [0.717, 1.165) is 41.2 Å². The third kappa shape index (κ3) is 3.56. The number of ether oxygens (including phenoxy) is 2. The van der Waals surface area contributed by atoms with E-state index in [2.05, 4.69) is 44.6 Å². The van der Waals surface area contributed by atoms with Gasteiger partial charge in [-0.15, -0.1) is 0 Å². The number of nitrogen functional groups attached to an aromatic ring is 2. The minimum Gasteiger partial charge on any atom is -0.383 e. The monoisotopic (exact) mass is 483 g/mol. The van der Waals surface area contributed by atoms with Crippen molar-refractivity contribution in [3.8, 4) is 6.07 Å². The number of pyridine rings is 1. The molecule has 184 valence electrons. The highest BCUT2D eigenvalue weighted by atomic mass is 16.8. The van der Waals surface area contributed by atoms with Crippen molar-refractivity contribution >= 4 is 33.6 Å². The highest BCUT2D eigenvalue weighted by Crippen LogP contribution is 2.55. The molecule has 0 spiro atoms. The highest BCUT2D eigenvalue weighted by Gasteiger charge is 2.59. The van der Waals surface area contributed by atoms with E-state index >= 15 is 0 Å². The topological polar surface area (TPSA) is 138 Å². The van der Waals surface area contributed by atoms with Crippen molar-refractivity contribution in [1.82, 2.24) is 19.5 Å². The molecule has 0 unspecified atom stereocenters. The van der Waals surface area contributed by atoms with Crippen LogP contribution in [0.3, 0.4) is 0 Å². The average Bonchev–Trinajstić information content (AvgIpc) is 3.49. The molecule has 3 aromatic heterocycles. The summed E-state index contributed by atoms with van der Waals surface area (Å²) in [5, 5.41) is 11.0. The van der Waals surface area contributed by atoms with Crippen molar-refractivity contribution in [2.24, 2.45) is 5.41 Å². The van der Waals surface area contributed by atoms with Crippen LogP contribution in [0.5, 0.6) is 0 Å². The van der Waals surface area contributed by atoms with Crippen LogP contribution < -0.4 is 11.5 Å². The average molecular weight is 484 g/mol. The summed E-state index contributed by atoms with van der Waals surface area (Å²) in [7, 11) is 0. The number of rotatable bonds is 4. The Bertz CT molecular complexity index is 1540. The zero-order valence-corrected chi connectivity index (χ0v) is 20.6. The zero-order chi connectivity index (χ0) is 25.2. The first-order valence-electron chi connectivity index (χ1n) is 12.2. The molecule has 4 heterocycles. The smallest absolute Gasteiger partial charge is 0.163 e. The molecule has 9 heteroatoms. The number of aromatic nitrogens is 4. The van der Waals surface area contributed by atoms with Crippen molar-refractivity contribution in [3.05, 3.63) is 54.0 Å². The summed E-state index contributed by atoms with van der Waals surface area (Å²) in [6.07, 6.45) is 6.05.